The largest absolute Gasteiger partial charge is 0.480 e. The molecule has 0 radical (unpaired) electrons. The van der Waals surface area contributed by atoms with Crippen LogP contribution in [0.2, 0.25) is 0 Å². The number of ether oxygens (including phenoxy) is 1. The van der Waals surface area contributed by atoms with Crippen LogP contribution in [0.4, 0.5) is 9.18 Å². The number of alkyl carbamates (subject to hydrolysis) is 1. The van der Waals surface area contributed by atoms with Crippen LogP contribution in [0.25, 0.3) is 0 Å². The maximum Gasteiger partial charge on any atom is 0.408 e. The number of rotatable bonds is 17. The number of thioether (sulfide) groups is 1. The Morgan fingerprint density at radius 3 is 1.91 bits per heavy atom. The first-order chi connectivity index (χ1) is 22.2. The van der Waals surface area contributed by atoms with E-state index in [1.165, 1.54) is 36.0 Å². The second-order valence-corrected chi connectivity index (χ2v) is 12.5. The molecule has 0 aliphatic heterocycles. The summed E-state index contributed by atoms with van der Waals surface area (Å²) in [5, 5.41) is 21.7. The molecule has 15 heteroatoms. The van der Waals surface area contributed by atoms with Gasteiger partial charge < -0.3 is 36.4 Å². The molecular weight excluding hydrogens is 633 g/mol. The van der Waals surface area contributed by atoms with Gasteiger partial charge in [-0.3, -0.25) is 19.2 Å². The number of hydrogen-bond donors (Lipinski definition) is 6. The average Bonchev–Trinajstić information content (AvgIpc) is 3.00. The van der Waals surface area contributed by atoms with E-state index < -0.39 is 78.3 Å². The van der Waals surface area contributed by atoms with Crippen molar-refractivity contribution in [3.63, 3.8) is 0 Å². The number of carboxylic acids is 1. The molecule has 256 valence electrons. The molecule has 0 saturated heterocycles. The van der Waals surface area contributed by atoms with Gasteiger partial charge >= 0.3 is 12.1 Å². The highest BCUT2D eigenvalue weighted by Crippen LogP contribution is 2.10. The molecule has 0 fully saturated rings. The fraction of sp³-hybridized carbons (Fsp3) is 0.438. The van der Waals surface area contributed by atoms with Gasteiger partial charge in [-0.05, 0) is 62.5 Å². The molecule has 0 bridgehead atoms. The summed E-state index contributed by atoms with van der Waals surface area (Å²) in [7, 11) is 0. The maximum atomic E-state index is 13.4. The molecule has 5 amide bonds. The molecule has 2 aromatic rings. The third kappa shape index (κ3) is 15.5. The topological polar surface area (TPSA) is 192 Å². The lowest BCUT2D eigenvalue weighted by atomic mass is 10.0. The zero-order chi connectivity index (χ0) is 35.0. The van der Waals surface area contributed by atoms with Crippen LogP contribution in [-0.2, 0) is 41.6 Å². The number of carboxylic acid groups (broad SMARTS) is 1. The minimum Gasteiger partial charge on any atom is -0.480 e. The summed E-state index contributed by atoms with van der Waals surface area (Å²) in [6.45, 7) is 3.86. The first-order valence-corrected chi connectivity index (χ1v) is 16.2. The zero-order valence-electron chi connectivity index (χ0n) is 26.8. The highest BCUT2D eigenvalue weighted by Gasteiger charge is 2.28. The lowest BCUT2D eigenvalue weighted by Gasteiger charge is -2.23. The minimum absolute atomic E-state index is 0.0275. The van der Waals surface area contributed by atoms with Crippen LogP contribution in [0.3, 0.4) is 0 Å². The first-order valence-electron chi connectivity index (χ1n) is 14.8. The normalized spacial score (nSPS) is 12.9. The van der Waals surface area contributed by atoms with Gasteiger partial charge in [0.1, 0.15) is 29.5 Å². The maximum absolute atomic E-state index is 13.4. The van der Waals surface area contributed by atoms with Crippen molar-refractivity contribution >= 4 is 47.5 Å². The molecule has 47 heavy (non-hydrogen) atoms. The monoisotopic (exact) mass is 675 g/mol. The number of halogens is 1. The minimum atomic E-state index is -1.20. The summed E-state index contributed by atoms with van der Waals surface area (Å²) < 4.78 is 18.6. The molecule has 0 saturated carbocycles. The first kappa shape index (κ1) is 38.5. The van der Waals surface area contributed by atoms with Gasteiger partial charge in [0.15, 0.2) is 0 Å². The molecule has 0 unspecified atom stereocenters. The van der Waals surface area contributed by atoms with Crippen molar-refractivity contribution in [1.29, 1.82) is 0 Å². The molecule has 13 nitrogen and oxygen atoms in total. The Hall–Kier alpha value is -4.66. The van der Waals surface area contributed by atoms with E-state index >= 15 is 0 Å². The molecule has 2 rings (SSSR count). The van der Waals surface area contributed by atoms with Crippen molar-refractivity contribution in [3.8, 4) is 0 Å². The number of nitrogens with one attached hydrogen (secondary N) is 5. The fourth-order valence-electron chi connectivity index (χ4n) is 4.12. The number of hydrogen-bond acceptors (Lipinski definition) is 8. The van der Waals surface area contributed by atoms with E-state index in [4.69, 9.17) is 4.74 Å². The highest BCUT2D eigenvalue weighted by molar-refractivity contribution is 7.98. The van der Waals surface area contributed by atoms with Crippen LogP contribution in [0.1, 0.15) is 38.3 Å². The number of aliphatic carboxylic acids is 1. The lowest BCUT2D eigenvalue weighted by molar-refractivity contribution is -0.142. The van der Waals surface area contributed by atoms with Crippen molar-refractivity contribution in [2.45, 2.75) is 63.8 Å². The third-order valence-corrected chi connectivity index (χ3v) is 7.03. The van der Waals surface area contributed by atoms with Crippen LogP contribution < -0.4 is 26.6 Å². The van der Waals surface area contributed by atoms with Crippen LogP contribution >= 0.6 is 11.8 Å². The Kier molecular flexibility index (Phi) is 15.7. The molecule has 0 aliphatic carbocycles. The molecule has 3 atom stereocenters. The molecule has 0 aliphatic rings. The fourth-order valence-corrected chi connectivity index (χ4v) is 4.59. The second kappa shape index (κ2) is 19.1. The van der Waals surface area contributed by atoms with Gasteiger partial charge in [-0.2, -0.15) is 11.8 Å². The summed E-state index contributed by atoms with van der Waals surface area (Å²) >= 11 is 1.43. The number of carbonyl (C=O) groups is 6. The Labute approximate surface area is 277 Å². The van der Waals surface area contributed by atoms with Crippen molar-refractivity contribution in [1.82, 2.24) is 26.6 Å². The molecule has 0 heterocycles. The third-order valence-electron chi connectivity index (χ3n) is 6.39. The van der Waals surface area contributed by atoms with Crippen LogP contribution in [0, 0.1) is 5.82 Å². The van der Waals surface area contributed by atoms with Gasteiger partial charge in [0.2, 0.25) is 23.6 Å². The zero-order valence-corrected chi connectivity index (χ0v) is 27.6. The van der Waals surface area contributed by atoms with Gasteiger partial charge in [-0.15, -0.1) is 0 Å². The lowest BCUT2D eigenvalue weighted by Crippen LogP contribution is -2.54. The molecular formula is C32H42FN5O8S. The SMILES string of the molecule is CSCC[C@H](NC(=O)[C@H](Cc1ccccc1)NC(=O)CNC(=O)CNC(=O)[C@H](Cc1ccc(F)cc1)NC(=O)OC(C)(C)C)C(=O)O. The van der Waals surface area contributed by atoms with E-state index in [0.29, 0.717) is 16.9 Å². The number of benzene rings is 2. The van der Waals surface area contributed by atoms with Crippen LogP contribution in [-0.4, -0.2) is 89.6 Å². The Balaban J connectivity index is 1.99. The quantitative estimate of drug-likeness (QED) is 0.144. The predicted octanol–water partition coefficient (Wildman–Crippen LogP) is 1.54. The van der Waals surface area contributed by atoms with Gasteiger partial charge in [-0.25, -0.2) is 14.0 Å². The van der Waals surface area contributed by atoms with Crippen LogP contribution in [0.15, 0.2) is 54.6 Å². The van der Waals surface area contributed by atoms with Crippen LogP contribution in [0.5, 0.6) is 0 Å². The van der Waals surface area contributed by atoms with E-state index in [2.05, 4.69) is 26.6 Å². The van der Waals surface area contributed by atoms with E-state index in [1.807, 2.05) is 6.26 Å². The van der Waals surface area contributed by atoms with Crippen molar-refractivity contribution in [2.24, 2.45) is 0 Å². The summed E-state index contributed by atoms with van der Waals surface area (Å²) in [5.41, 5.74) is 0.414. The Morgan fingerprint density at radius 2 is 1.34 bits per heavy atom. The van der Waals surface area contributed by atoms with Crippen molar-refractivity contribution < 1.29 is 43.0 Å². The molecule has 0 spiro atoms. The Bertz CT molecular complexity index is 1370. The summed E-state index contributed by atoms with van der Waals surface area (Å²) in [6, 6.07) is 10.7. The molecule has 2 aromatic carbocycles. The standard InChI is InChI=1S/C32H42FN5O8S/c1-32(2,3)46-31(45)38-24(17-21-10-12-22(33)13-11-21)28(41)35-18-26(39)34-19-27(40)36-25(16-20-8-6-5-7-9-20)29(42)37-23(30(43)44)14-15-47-4/h5-13,23-25H,14-19H2,1-4H3,(H,34,39)(H,35,41)(H,36,40)(H,37,42)(H,38,45)(H,43,44)/t23-,24-,25-/m0/s1. The summed E-state index contributed by atoms with van der Waals surface area (Å²) in [6.07, 6.45) is 1.17. The van der Waals surface area contributed by atoms with E-state index in [9.17, 15) is 38.3 Å². The second-order valence-electron chi connectivity index (χ2n) is 11.5. The smallest absolute Gasteiger partial charge is 0.408 e. The van der Waals surface area contributed by atoms with Gasteiger partial charge in [0.05, 0.1) is 13.1 Å². The van der Waals surface area contributed by atoms with Crippen molar-refractivity contribution in [3.05, 3.63) is 71.5 Å². The van der Waals surface area contributed by atoms with Gasteiger partial charge in [0, 0.05) is 12.8 Å². The molecule has 6 N–H and O–H groups in total. The van der Waals surface area contributed by atoms with Gasteiger partial charge in [0.25, 0.3) is 0 Å². The van der Waals surface area contributed by atoms with E-state index in [1.54, 1.807) is 51.1 Å². The Morgan fingerprint density at radius 1 is 0.766 bits per heavy atom. The summed E-state index contributed by atoms with van der Waals surface area (Å²) in [5.74, 6) is -4.06. The predicted molar refractivity (Wildman–Crippen MR) is 174 cm³/mol. The van der Waals surface area contributed by atoms with E-state index in [-0.39, 0.29) is 19.3 Å². The number of amides is 5. The van der Waals surface area contributed by atoms with Gasteiger partial charge in [-0.1, -0.05) is 42.5 Å². The highest BCUT2D eigenvalue weighted by atomic mass is 32.2. The van der Waals surface area contributed by atoms with Crippen molar-refractivity contribution in [2.75, 3.05) is 25.1 Å². The van der Waals surface area contributed by atoms with E-state index in [0.717, 1.165) is 0 Å². The number of carbonyl (C=O) groups excluding carboxylic acids is 5. The summed E-state index contributed by atoms with van der Waals surface area (Å²) in [4.78, 5) is 75.3. The molecule has 0 aromatic heterocycles. The average molecular weight is 676 g/mol.